The van der Waals surface area contributed by atoms with Gasteiger partial charge in [0.05, 0.1) is 5.25 Å². The maximum atomic E-state index is 12.2. The highest BCUT2D eigenvalue weighted by atomic mass is 32.2. The van der Waals surface area contributed by atoms with Gasteiger partial charge in [0, 0.05) is 36.3 Å². The summed E-state index contributed by atoms with van der Waals surface area (Å²) in [6.45, 7) is 3.83. The molecule has 3 atom stereocenters. The van der Waals surface area contributed by atoms with Crippen molar-refractivity contribution in [2.75, 3.05) is 26.0 Å². The molecule has 4 heteroatoms. The van der Waals surface area contributed by atoms with Crippen molar-refractivity contribution >= 4 is 10.8 Å². The highest BCUT2D eigenvalue weighted by Crippen LogP contribution is 2.23. The predicted molar refractivity (Wildman–Crippen MR) is 69.2 cm³/mol. The summed E-state index contributed by atoms with van der Waals surface area (Å²) in [5.74, 6) is 0.792. The molecule has 0 spiro atoms. The number of ether oxygens (including phenoxy) is 1. The molecule has 0 aliphatic heterocycles. The van der Waals surface area contributed by atoms with Crippen molar-refractivity contribution in [3.05, 3.63) is 0 Å². The first-order chi connectivity index (χ1) is 7.79. The highest BCUT2D eigenvalue weighted by molar-refractivity contribution is 7.85. The maximum Gasteiger partial charge on any atom is 0.0501 e. The number of nitrogens with one attached hydrogen (secondary N) is 1. The molecular weight excluding hydrogens is 222 g/mol. The first-order valence-corrected chi connectivity index (χ1v) is 7.77. The normalized spacial score (nSPS) is 27.9. The first kappa shape index (κ1) is 14.1. The topological polar surface area (TPSA) is 38.3 Å². The van der Waals surface area contributed by atoms with Crippen LogP contribution in [0.4, 0.5) is 0 Å². The van der Waals surface area contributed by atoms with Gasteiger partial charge in [-0.05, 0) is 25.8 Å². The zero-order chi connectivity index (χ0) is 11.8. The van der Waals surface area contributed by atoms with E-state index in [-0.39, 0.29) is 0 Å². The average Bonchev–Trinajstić information content (AvgIpc) is 2.30. The van der Waals surface area contributed by atoms with E-state index in [9.17, 15) is 4.21 Å². The second kappa shape index (κ2) is 8.20. The molecule has 0 bridgehead atoms. The van der Waals surface area contributed by atoms with E-state index in [2.05, 4.69) is 12.2 Å². The Balaban J connectivity index is 2.37. The molecule has 0 heterocycles. The predicted octanol–water partition coefficient (Wildman–Crippen LogP) is 1.69. The van der Waals surface area contributed by atoms with Crippen molar-refractivity contribution in [3.63, 3.8) is 0 Å². The van der Waals surface area contributed by atoms with Gasteiger partial charge in [0.25, 0.3) is 0 Å². The Morgan fingerprint density at radius 3 is 2.81 bits per heavy atom. The second-order valence-corrected chi connectivity index (χ2v) is 6.19. The lowest BCUT2D eigenvalue weighted by Crippen LogP contribution is -2.44. The van der Waals surface area contributed by atoms with Gasteiger partial charge in [-0.1, -0.05) is 19.8 Å². The molecule has 0 saturated heterocycles. The van der Waals surface area contributed by atoms with E-state index in [0.717, 1.165) is 31.7 Å². The van der Waals surface area contributed by atoms with Crippen LogP contribution in [0, 0.1) is 0 Å². The molecule has 1 N–H and O–H groups in total. The monoisotopic (exact) mass is 247 g/mol. The second-order valence-electron chi connectivity index (χ2n) is 4.42. The Morgan fingerprint density at radius 1 is 1.38 bits per heavy atom. The summed E-state index contributed by atoms with van der Waals surface area (Å²) >= 11 is 0. The third kappa shape index (κ3) is 4.52. The molecule has 96 valence electrons. The van der Waals surface area contributed by atoms with Gasteiger partial charge < -0.3 is 10.1 Å². The summed E-state index contributed by atoms with van der Waals surface area (Å²) in [5, 5.41) is 3.85. The summed E-state index contributed by atoms with van der Waals surface area (Å²) in [5.41, 5.74) is 0. The van der Waals surface area contributed by atoms with Gasteiger partial charge >= 0.3 is 0 Å². The summed E-state index contributed by atoms with van der Waals surface area (Å²) in [7, 11) is 1.02. The number of hydrogen-bond acceptors (Lipinski definition) is 3. The van der Waals surface area contributed by atoms with Gasteiger partial charge in [0.1, 0.15) is 0 Å². The van der Waals surface area contributed by atoms with Gasteiger partial charge in [-0.15, -0.1) is 0 Å². The van der Waals surface area contributed by atoms with E-state index in [1.807, 2.05) is 0 Å². The fourth-order valence-corrected chi connectivity index (χ4v) is 4.14. The zero-order valence-corrected chi connectivity index (χ0v) is 11.4. The molecule has 1 aliphatic carbocycles. The maximum absolute atomic E-state index is 12.2. The van der Waals surface area contributed by atoms with Gasteiger partial charge in [-0.2, -0.15) is 0 Å². The lowest BCUT2D eigenvalue weighted by molar-refractivity contribution is 0.199. The molecule has 0 aromatic carbocycles. The largest absolute Gasteiger partial charge is 0.385 e. The zero-order valence-electron chi connectivity index (χ0n) is 10.5. The standard InChI is InChI=1S/C12H25NO2S/c1-3-13-11-7-4-5-8-12(11)16(14)10-6-9-15-2/h11-13H,3-10H2,1-2H3. The van der Waals surface area contributed by atoms with Gasteiger partial charge in [0.2, 0.25) is 0 Å². The average molecular weight is 247 g/mol. The van der Waals surface area contributed by atoms with Crippen LogP contribution in [0.3, 0.4) is 0 Å². The van der Waals surface area contributed by atoms with E-state index in [4.69, 9.17) is 4.74 Å². The molecule has 0 aromatic heterocycles. The van der Waals surface area contributed by atoms with Crippen LogP contribution in [0.5, 0.6) is 0 Å². The fraction of sp³-hybridized carbons (Fsp3) is 1.00. The van der Waals surface area contributed by atoms with Crippen LogP contribution in [0.15, 0.2) is 0 Å². The van der Waals surface area contributed by atoms with Crippen LogP contribution in [0.2, 0.25) is 0 Å². The Hall–Kier alpha value is 0.0700. The number of methoxy groups -OCH3 is 1. The molecular formula is C12H25NO2S. The van der Waals surface area contributed by atoms with Crippen LogP contribution in [0.1, 0.15) is 39.0 Å². The minimum atomic E-state index is -0.682. The Morgan fingerprint density at radius 2 is 2.12 bits per heavy atom. The molecule has 1 aliphatic rings. The van der Waals surface area contributed by atoms with Gasteiger partial charge in [0.15, 0.2) is 0 Å². The van der Waals surface area contributed by atoms with E-state index < -0.39 is 10.8 Å². The molecule has 0 amide bonds. The van der Waals surface area contributed by atoms with Crippen molar-refractivity contribution < 1.29 is 8.95 Å². The molecule has 1 saturated carbocycles. The van der Waals surface area contributed by atoms with Crippen LogP contribution in [-0.4, -0.2) is 41.5 Å². The molecule has 1 rings (SSSR count). The fourth-order valence-electron chi connectivity index (χ4n) is 2.40. The van der Waals surface area contributed by atoms with Crippen molar-refractivity contribution in [3.8, 4) is 0 Å². The van der Waals surface area contributed by atoms with E-state index in [1.165, 1.54) is 19.3 Å². The smallest absolute Gasteiger partial charge is 0.0501 e. The highest BCUT2D eigenvalue weighted by Gasteiger charge is 2.28. The van der Waals surface area contributed by atoms with E-state index in [1.54, 1.807) is 7.11 Å². The van der Waals surface area contributed by atoms with Gasteiger partial charge in [-0.3, -0.25) is 4.21 Å². The Labute approximate surface area is 102 Å². The Bertz CT molecular complexity index is 209. The van der Waals surface area contributed by atoms with Crippen molar-refractivity contribution in [2.24, 2.45) is 0 Å². The van der Waals surface area contributed by atoms with E-state index in [0.29, 0.717) is 11.3 Å². The Kier molecular flexibility index (Phi) is 7.25. The number of rotatable bonds is 7. The molecule has 16 heavy (non-hydrogen) atoms. The van der Waals surface area contributed by atoms with Crippen LogP contribution < -0.4 is 5.32 Å². The first-order valence-electron chi connectivity index (χ1n) is 6.39. The quantitative estimate of drug-likeness (QED) is 0.696. The van der Waals surface area contributed by atoms with Gasteiger partial charge in [-0.25, -0.2) is 0 Å². The summed E-state index contributed by atoms with van der Waals surface area (Å²) < 4.78 is 17.2. The molecule has 0 aromatic rings. The lowest BCUT2D eigenvalue weighted by Gasteiger charge is -2.31. The molecule has 3 nitrogen and oxygen atoms in total. The van der Waals surface area contributed by atoms with Crippen LogP contribution in [0.25, 0.3) is 0 Å². The molecule has 0 radical (unpaired) electrons. The SMILES string of the molecule is CCNC1CCCCC1S(=O)CCCOC. The lowest BCUT2D eigenvalue weighted by atomic mass is 9.95. The van der Waals surface area contributed by atoms with Crippen molar-refractivity contribution in [1.29, 1.82) is 0 Å². The minimum Gasteiger partial charge on any atom is -0.385 e. The van der Waals surface area contributed by atoms with E-state index >= 15 is 0 Å². The van der Waals surface area contributed by atoms with Crippen LogP contribution >= 0.6 is 0 Å². The third-order valence-electron chi connectivity index (χ3n) is 3.20. The van der Waals surface area contributed by atoms with Crippen molar-refractivity contribution in [2.45, 2.75) is 50.3 Å². The minimum absolute atomic E-state index is 0.366. The molecule has 1 fully saturated rings. The summed E-state index contributed by atoms with van der Waals surface area (Å²) in [6, 6.07) is 0.474. The van der Waals surface area contributed by atoms with Crippen LogP contribution in [-0.2, 0) is 15.5 Å². The number of hydrogen-bond donors (Lipinski definition) is 1. The third-order valence-corrected chi connectivity index (χ3v) is 5.13. The summed E-state index contributed by atoms with van der Waals surface area (Å²) in [6.07, 6.45) is 5.75. The van der Waals surface area contributed by atoms with Crippen molar-refractivity contribution in [1.82, 2.24) is 5.32 Å². The summed E-state index contributed by atoms with van der Waals surface area (Å²) in [4.78, 5) is 0. The molecule has 3 unspecified atom stereocenters.